The van der Waals surface area contributed by atoms with Crippen molar-refractivity contribution < 1.29 is 9.66 Å². The Bertz CT molecular complexity index is 799. The first-order valence-electron chi connectivity index (χ1n) is 5.72. The Morgan fingerprint density at radius 2 is 2.15 bits per heavy atom. The van der Waals surface area contributed by atoms with Gasteiger partial charge in [-0.05, 0) is 18.6 Å². The van der Waals surface area contributed by atoms with Crippen LogP contribution in [0.5, 0.6) is 11.6 Å². The van der Waals surface area contributed by atoms with Gasteiger partial charge < -0.3 is 4.74 Å². The summed E-state index contributed by atoms with van der Waals surface area (Å²) in [4.78, 5) is 18.3. The highest BCUT2D eigenvalue weighted by Crippen LogP contribution is 2.27. The lowest BCUT2D eigenvalue weighted by atomic mass is 10.2. The van der Waals surface area contributed by atoms with Crippen molar-refractivity contribution in [2.75, 3.05) is 0 Å². The number of hydrogen-bond acceptors (Lipinski definition) is 6. The van der Waals surface area contributed by atoms with E-state index in [1.54, 1.807) is 19.1 Å². The summed E-state index contributed by atoms with van der Waals surface area (Å²) >= 11 is 0. The number of nitro groups is 1. The van der Waals surface area contributed by atoms with Crippen molar-refractivity contribution in [3.05, 3.63) is 52.6 Å². The Morgan fingerprint density at radius 1 is 1.30 bits per heavy atom. The van der Waals surface area contributed by atoms with Gasteiger partial charge in [0, 0.05) is 18.2 Å². The number of nitro benzene ring substituents is 1. The number of non-ortho nitro benzene ring substituents is 1. The van der Waals surface area contributed by atoms with Gasteiger partial charge in [0.05, 0.1) is 4.92 Å². The number of fused-ring (bicyclic) bond motifs is 1. The number of ether oxygens (including phenoxy) is 1. The highest BCUT2D eigenvalue weighted by atomic mass is 16.6. The van der Waals surface area contributed by atoms with Gasteiger partial charge in [-0.25, -0.2) is 14.5 Å². The Balaban J connectivity index is 1.92. The average Bonchev–Trinajstić information content (AvgIpc) is 2.88. The van der Waals surface area contributed by atoms with E-state index in [0.29, 0.717) is 22.8 Å². The van der Waals surface area contributed by atoms with E-state index in [1.165, 1.54) is 29.3 Å². The maximum atomic E-state index is 10.7. The summed E-state index contributed by atoms with van der Waals surface area (Å²) in [7, 11) is 0. The highest BCUT2D eigenvalue weighted by Gasteiger charge is 2.10. The zero-order valence-corrected chi connectivity index (χ0v) is 10.4. The molecule has 1 aromatic carbocycles. The number of benzene rings is 1. The molecule has 0 aliphatic carbocycles. The molecule has 0 saturated carbocycles. The van der Waals surface area contributed by atoms with Gasteiger partial charge in [-0.1, -0.05) is 0 Å². The van der Waals surface area contributed by atoms with Crippen LogP contribution >= 0.6 is 0 Å². The van der Waals surface area contributed by atoms with E-state index < -0.39 is 4.92 Å². The van der Waals surface area contributed by atoms with Gasteiger partial charge in [0.2, 0.25) is 5.88 Å². The van der Waals surface area contributed by atoms with Crippen molar-refractivity contribution in [2.45, 2.75) is 6.92 Å². The molecule has 3 aromatic rings. The summed E-state index contributed by atoms with van der Waals surface area (Å²) < 4.78 is 7.12. The molecular weight excluding hydrogens is 262 g/mol. The maximum absolute atomic E-state index is 10.7. The second-order valence-corrected chi connectivity index (χ2v) is 4.10. The van der Waals surface area contributed by atoms with Crippen LogP contribution in [0.25, 0.3) is 5.65 Å². The first-order valence-corrected chi connectivity index (χ1v) is 5.72. The molecule has 8 nitrogen and oxygen atoms in total. The summed E-state index contributed by atoms with van der Waals surface area (Å²) in [5, 5.41) is 14.6. The SMILES string of the molecule is Cc1cc([N+](=O)[O-])ccc1Oc1cc2ncnn2cn1. The van der Waals surface area contributed by atoms with Crippen LogP contribution in [0.4, 0.5) is 5.69 Å². The van der Waals surface area contributed by atoms with Crippen molar-refractivity contribution in [3.63, 3.8) is 0 Å². The van der Waals surface area contributed by atoms with Crippen LogP contribution in [0.2, 0.25) is 0 Å². The largest absolute Gasteiger partial charge is 0.439 e. The average molecular weight is 271 g/mol. The monoisotopic (exact) mass is 271 g/mol. The molecule has 0 atom stereocenters. The molecule has 0 aliphatic heterocycles. The van der Waals surface area contributed by atoms with Gasteiger partial charge in [0.15, 0.2) is 5.65 Å². The van der Waals surface area contributed by atoms with E-state index in [-0.39, 0.29) is 5.69 Å². The number of nitrogens with zero attached hydrogens (tertiary/aromatic N) is 5. The molecule has 0 unspecified atom stereocenters. The molecule has 8 heteroatoms. The predicted molar refractivity (Wildman–Crippen MR) is 68.7 cm³/mol. The fourth-order valence-electron chi connectivity index (χ4n) is 1.74. The minimum absolute atomic E-state index is 0.0238. The molecule has 20 heavy (non-hydrogen) atoms. The lowest BCUT2D eigenvalue weighted by Crippen LogP contribution is -1.95. The molecule has 0 saturated heterocycles. The van der Waals surface area contributed by atoms with Gasteiger partial charge in [0.1, 0.15) is 18.4 Å². The van der Waals surface area contributed by atoms with Gasteiger partial charge in [-0.15, -0.1) is 0 Å². The molecule has 0 aliphatic rings. The van der Waals surface area contributed by atoms with Gasteiger partial charge >= 0.3 is 0 Å². The minimum Gasteiger partial charge on any atom is -0.439 e. The van der Waals surface area contributed by atoms with E-state index in [2.05, 4.69) is 15.1 Å². The number of aryl methyl sites for hydroxylation is 1. The Labute approximate surface area is 112 Å². The van der Waals surface area contributed by atoms with Crippen LogP contribution in [0.15, 0.2) is 36.9 Å². The number of rotatable bonds is 3. The van der Waals surface area contributed by atoms with Gasteiger partial charge in [0.25, 0.3) is 5.69 Å². The Hall–Kier alpha value is -3.03. The maximum Gasteiger partial charge on any atom is 0.269 e. The summed E-state index contributed by atoms with van der Waals surface area (Å²) in [6.45, 7) is 1.73. The van der Waals surface area contributed by atoms with Gasteiger partial charge in [-0.2, -0.15) is 5.10 Å². The van der Waals surface area contributed by atoms with Crippen molar-refractivity contribution in [1.82, 2.24) is 19.6 Å². The zero-order chi connectivity index (χ0) is 14.1. The zero-order valence-electron chi connectivity index (χ0n) is 10.4. The molecule has 0 N–H and O–H groups in total. The van der Waals surface area contributed by atoms with Crippen molar-refractivity contribution in [1.29, 1.82) is 0 Å². The first kappa shape index (κ1) is 12.0. The van der Waals surface area contributed by atoms with E-state index in [9.17, 15) is 10.1 Å². The third-order valence-corrected chi connectivity index (χ3v) is 2.73. The van der Waals surface area contributed by atoms with Crippen LogP contribution in [-0.2, 0) is 0 Å². The third kappa shape index (κ3) is 2.14. The van der Waals surface area contributed by atoms with Crippen LogP contribution in [-0.4, -0.2) is 24.5 Å². The fourth-order valence-corrected chi connectivity index (χ4v) is 1.74. The van der Waals surface area contributed by atoms with E-state index in [1.807, 2.05) is 0 Å². The lowest BCUT2D eigenvalue weighted by Gasteiger charge is -2.07. The molecule has 0 radical (unpaired) electrons. The molecule has 0 fully saturated rings. The predicted octanol–water partition coefficient (Wildman–Crippen LogP) is 2.13. The molecule has 0 bridgehead atoms. The Kier molecular flexibility index (Phi) is 2.75. The lowest BCUT2D eigenvalue weighted by molar-refractivity contribution is -0.384. The summed E-state index contributed by atoms with van der Waals surface area (Å²) in [5.41, 5.74) is 1.28. The fraction of sp³-hybridized carbons (Fsp3) is 0.0833. The van der Waals surface area contributed by atoms with Gasteiger partial charge in [-0.3, -0.25) is 10.1 Å². The molecule has 0 amide bonds. The van der Waals surface area contributed by atoms with Crippen molar-refractivity contribution in [3.8, 4) is 11.6 Å². The van der Waals surface area contributed by atoms with Crippen LogP contribution in [0.3, 0.4) is 0 Å². The van der Waals surface area contributed by atoms with Crippen LogP contribution < -0.4 is 4.74 Å². The van der Waals surface area contributed by atoms with E-state index >= 15 is 0 Å². The standard InChI is InChI=1S/C12H9N5O3/c1-8-4-9(17(18)19)2-3-10(8)20-12-5-11-13-6-15-16(11)7-14-12/h2-7H,1H3. The summed E-state index contributed by atoms with van der Waals surface area (Å²) in [5.74, 6) is 0.856. The molecule has 2 aromatic heterocycles. The smallest absolute Gasteiger partial charge is 0.269 e. The van der Waals surface area contributed by atoms with Crippen molar-refractivity contribution >= 4 is 11.3 Å². The van der Waals surface area contributed by atoms with E-state index in [4.69, 9.17) is 4.74 Å². The normalized spacial score (nSPS) is 10.7. The quantitative estimate of drug-likeness (QED) is 0.535. The van der Waals surface area contributed by atoms with Crippen molar-refractivity contribution in [2.24, 2.45) is 0 Å². The highest BCUT2D eigenvalue weighted by molar-refractivity contribution is 5.46. The number of hydrogen-bond donors (Lipinski definition) is 0. The second-order valence-electron chi connectivity index (χ2n) is 4.10. The third-order valence-electron chi connectivity index (χ3n) is 2.73. The minimum atomic E-state index is -0.447. The molecule has 0 spiro atoms. The first-order chi connectivity index (χ1) is 9.63. The summed E-state index contributed by atoms with van der Waals surface area (Å²) in [6, 6.07) is 6.01. The van der Waals surface area contributed by atoms with Crippen LogP contribution in [0.1, 0.15) is 5.56 Å². The van der Waals surface area contributed by atoms with E-state index in [0.717, 1.165) is 0 Å². The molecule has 100 valence electrons. The van der Waals surface area contributed by atoms with Crippen LogP contribution in [0, 0.1) is 17.0 Å². The number of aromatic nitrogens is 4. The summed E-state index contributed by atoms with van der Waals surface area (Å²) in [6.07, 6.45) is 2.90. The molecular formula is C12H9N5O3. The molecule has 3 rings (SSSR count). The topological polar surface area (TPSA) is 95.5 Å². The Morgan fingerprint density at radius 3 is 2.90 bits per heavy atom. The second kappa shape index (κ2) is 4.57. The molecule has 2 heterocycles.